The van der Waals surface area contributed by atoms with E-state index in [1.807, 2.05) is 0 Å². The summed E-state index contributed by atoms with van der Waals surface area (Å²) in [6, 6.07) is 0. The number of ether oxygens (including phenoxy) is 3. The number of esters is 3. The molecule has 0 amide bonds. The molecule has 0 aliphatic heterocycles. The first-order valence-corrected chi connectivity index (χ1v) is 27.2. The van der Waals surface area contributed by atoms with Crippen LogP contribution in [0.3, 0.4) is 0 Å². The predicted octanol–water partition coefficient (Wildman–Crippen LogP) is 17.8. The van der Waals surface area contributed by atoms with Gasteiger partial charge >= 0.3 is 17.9 Å². The standard InChI is InChI=1S/C55H104O6/c1-4-7-10-13-16-18-20-21-22-23-24-25-26-27-28-29-30-31-32-33-34-36-37-39-42-45-48-54(57)60-51-52(50-59-53(56)47-44-41-15-12-9-6-3)61-55(58)49-46-43-40-38-35-19-17-14-11-8-5-2/h14,17,52H,4-13,15-16,18-51H2,1-3H3/b17-14-. The quantitative estimate of drug-likeness (QED) is 0.0262. The SMILES string of the molecule is CCCC/C=C\CCCCCCCC(=O)OC(COC(=O)CCCCCCCC)COC(=O)CCCCCCCCCCCCCCCCCCCCCCCCCCCC. The van der Waals surface area contributed by atoms with Crippen molar-refractivity contribution in [1.82, 2.24) is 0 Å². The van der Waals surface area contributed by atoms with E-state index < -0.39 is 6.10 Å². The van der Waals surface area contributed by atoms with Crippen LogP contribution in [0.2, 0.25) is 0 Å². The number of carbonyl (C=O) groups is 3. The summed E-state index contributed by atoms with van der Waals surface area (Å²) in [7, 11) is 0. The second-order valence-corrected chi connectivity index (χ2v) is 18.5. The smallest absolute Gasteiger partial charge is 0.306 e. The molecule has 0 aromatic carbocycles. The highest BCUT2D eigenvalue weighted by Crippen LogP contribution is 2.17. The lowest BCUT2D eigenvalue weighted by Crippen LogP contribution is -2.30. The first-order valence-electron chi connectivity index (χ1n) is 27.2. The van der Waals surface area contributed by atoms with E-state index in [1.165, 1.54) is 199 Å². The Morgan fingerprint density at radius 3 is 0.869 bits per heavy atom. The number of unbranched alkanes of at least 4 members (excludes halogenated alkanes) is 37. The molecule has 0 saturated carbocycles. The highest BCUT2D eigenvalue weighted by Gasteiger charge is 2.19. The summed E-state index contributed by atoms with van der Waals surface area (Å²) in [5, 5.41) is 0. The van der Waals surface area contributed by atoms with Crippen LogP contribution in [-0.2, 0) is 28.6 Å². The number of hydrogen-bond donors (Lipinski definition) is 0. The fourth-order valence-electron chi connectivity index (χ4n) is 8.13. The molecule has 0 heterocycles. The monoisotopic (exact) mass is 861 g/mol. The molecule has 0 N–H and O–H groups in total. The van der Waals surface area contributed by atoms with Crippen LogP contribution in [0.1, 0.15) is 303 Å². The predicted molar refractivity (Wildman–Crippen MR) is 261 cm³/mol. The third kappa shape index (κ3) is 49.0. The molecule has 6 heteroatoms. The maximum atomic E-state index is 12.7. The van der Waals surface area contributed by atoms with Crippen molar-refractivity contribution in [3.8, 4) is 0 Å². The van der Waals surface area contributed by atoms with E-state index in [0.29, 0.717) is 19.3 Å². The fraction of sp³-hybridized carbons (Fsp3) is 0.909. The summed E-state index contributed by atoms with van der Waals surface area (Å²) in [6.45, 7) is 6.57. The summed E-state index contributed by atoms with van der Waals surface area (Å²) in [4.78, 5) is 37.7. The van der Waals surface area contributed by atoms with Crippen LogP contribution >= 0.6 is 0 Å². The molecular formula is C55H104O6. The highest BCUT2D eigenvalue weighted by atomic mass is 16.6. The van der Waals surface area contributed by atoms with E-state index in [2.05, 4.69) is 32.9 Å². The summed E-state index contributed by atoms with van der Waals surface area (Å²) in [5.41, 5.74) is 0. The lowest BCUT2D eigenvalue weighted by Gasteiger charge is -2.18. The highest BCUT2D eigenvalue weighted by molar-refractivity contribution is 5.71. The van der Waals surface area contributed by atoms with Crippen LogP contribution in [0.25, 0.3) is 0 Å². The lowest BCUT2D eigenvalue weighted by molar-refractivity contribution is -0.167. The molecule has 0 aromatic rings. The van der Waals surface area contributed by atoms with Gasteiger partial charge in [0.2, 0.25) is 0 Å². The van der Waals surface area contributed by atoms with E-state index in [0.717, 1.165) is 64.2 Å². The molecule has 0 fully saturated rings. The van der Waals surface area contributed by atoms with Gasteiger partial charge in [-0.25, -0.2) is 0 Å². The maximum absolute atomic E-state index is 12.7. The average Bonchev–Trinajstić information content (AvgIpc) is 3.26. The maximum Gasteiger partial charge on any atom is 0.306 e. The fourth-order valence-corrected chi connectivity index (χ4v) is 8.13. The van der Waals surface area contributed by atoms with Crippen molar-refractivity contribution < 1.29 is 28.6 Å². The molecule has 0 saturated heterocycles. The van der Waals surface area contributed by atoms with Gasteiger partial charge in [0.15, 0.2) is 6.10 Å². The van der Waals surface area contributed by atoms with Crippen molar-refractivity contribution in [2.75, 3.05) is 13.2 Å². The largest absolute Gasteiger partial charge is 0.462 e. The summed E-state index contributed by atoms with van der Waals surface area (Å²) < 4.78 is 16.7. The molecular weight excluding hydrogens is 757 g/mol. The first kappa shape index (κ1) is 59.1. The van der Waals surface area contributed by atoms with Gasteiger partial charge in [0.05, 0.1) is 0 Å². The summed E-state index contributed by atoms with van der Waals surface area (Å²) in [5.74, 6) is -0.875. The minimum absolute atomic E-state index is 0.0693. The minimum atomic E-state index is -0.765. The van der Waals surface area contributed by atoms with Gasteiger partial charge in [0.25, 0.3) is 0 Å². The Morgan fingerprint density at radius 2 is 0.557 bits per heavy atom. The van der Waals surface area contributed by atoms with Gasteiger partial charge in [-0.05, 0) is 38.5 Å². The third-order valence-electron chi connectivity index (χ3n) is 12.3. The third-order valence-corrected chi connectivity index (χ3v) is 12.3. The Hall–Kier alpha value is -1.85. The topological polar surface area (TPSA) is 78.9 Å². The van der Waals surface area contributed by atoms with E-state index in [1.54, 1.807) is 0 Å². The van der Waals surface area contributed by atoms with Crippen LogP contribution < -0.4 is 0 Å². The minimum Gasteiger partial charge on any atom is -0.462 e. The normalized spacial score (nSPS) is 12.0. The molecule has 1 atom stereocenters. The molecule has 0 radical (unpaired) electrons. The van der Waals surface area contributed by atoms with Crippen LogP contribution in [0.15, 0.2) is 12.2 Å². The molecule has 0 bridgehead atoms. The van der Waals surface area contributed by atoms with Gasteiger partial charge in [-0.3, -0.25) is 14.4 Å². The zero-order valence-electron chi connectivity index (χ0n) is 41.2. The van der Waals surface area contributed by atoms with Gasteiger partial charge < -0.3 is 14.2 Å². The Balaban J connectivity index is 3.97. The molecule has 0 aliphatic carbocycles. The molecule has 0 spiro atoms. The van der Waals surface area contributed by atoms with Gasteiger partial charge in [0, 0.05) is 19.3 Å². The van der Waals surface area contributed by atoms with E-state index in [-0.39, 0.29) is 31.1 Å². The molecule has 0 aliphatic rings. The van der Waals surface area contributed by atoms with Gasteiger partial charge in [-0.1, -0.05) is 258 Å². The van der Waals surface area contributed by atoms with E-state index >= 15 is 0 Å². The van der Waals surface area contributed by atoms with Crippen molar-refractivity contribution in [2.24, 2.45) is 0 Å². The molecule has 360 valence electrons. The molecule has 0 aromatic heterocycles. The molecule has 0 rings (SSSR count). The number of rotatable bonds is 50. The zero-order chi connectivity index (χ0) is 44.4. The average molecular weight is 861 g/mol. The Morgan fingerprint density at radius 1 is 0.311 bits per heavy atom. The molecule has 6 nitrogen and oxygen atoms in total. The van der Waals surface area contributed by atoms with E-state index in [4.69, 9.17) is 14.2 Å². The Labute approximate surface area is 380 Å². The van der Waals surface area contributed by atoms with Gasteiger partial charge in [-0.15, -0.1) is 0 Å². The van der Waals surface area contributed by atoms with Crippen molar-refractivity contribution in [2.45, 2.75) is 309 Å². The second-order valence-electron chi connectivity index (χ2n) is 18.5. The van der Waals surface area contributed by atoms with Crippen molar-refractivity contribution >= 4 is 17.9 Å². The number of carbonyl (C=O) groups excluding carboxylic acids is 3. The van der Waals surface area contributed by atoms with Crippen LogP contribution in [0, 0.1) is 0 Å². The Kier molecular flexibility index (Phi) is 49.3. The van der Waals surface area contributed by atoms with Crippen LogP contribution in [0.5, 0.6) is 0 Å². The van der Waals surface area contributed by atoms with Crippen molar-refractivity contribution in [3.63, 3.8) is 0 Å². The molecule has 61 heavy (non-hydrogen) atoms. The van der Waals surface area contributed by atoms with Crippen molar-refractivity contribution in [3.05, 3.63) is 12.2 Å². The lowest BCUT2D eigenvalue weighted by atomic mass is 10.0. The number of hydrogen-bond acceptors (Lipinski definition) is 6. The van der Waals surface area contributed by atoms with E-state index in [9.17, 15) is 14.4 Å². The summed E-state index contributed by atoms with van der Waals surface area (Å²) in [6.07, 6.45) is 56.8. The molecule has 1 unspecified atom stereocenters. The van der Waals surface area contributed by atoms with Crippen molar-refractivity contribution in [1.29, 1.82) is 0 Å². The number of allylic oxidation sites excluding steroid dienone is 2. The summed E-state index contributed by atoms with van der Waals surface area (Å²) >= 11 is 0. The van der Waals surface area contributed by atoms with Gasteiger partial charge in [-0.2, -0.15) is 0 Å². The second kappa shape index (κ2) is 50.8. The Bertz CT molecular complexity index is 947. The van der Waals surface area contributed by atoms with Gasteiger partial charge in [0.1, 0.15) is 13.2 Å². The van der Waals surface area contributed by atoms with Crippen LogP contribution in [-0.4, -0.2) is 37.2 Å². The first-order chi connectivity index (χ1) is 30.0. The van der Waals surface area contributed by atoms with Crippen LogP contribution in [0.4, 0.5) is 0 Å². The zero-order valence-corrected chi connectivity index (χ0v) is 41.2.